The first-order valence-electron chi connectivity index (χ1n) is 8.32. The summed E-state index contributed by atoms with van der Waals surface area (Å²) in [6, 6.07) is 13.2. The first-order valence-corrected chi connectivity index (χ1v) is 8.32. The monoisotopic (exact) mass is 337 g/mol. The summed E-state index contributed by atoms with van der Waals surface area (Å²) in [6.45, 7) is 4.93. The highest BCUT2D eigenvalue weighted by Crippen LogP contribution is 2.33. The van der Waals surface area contributed by atoms with Gasteiger partial charge in [-0.05, 0) is 37.6 Å². The summed E-state index contributed by atoms with van der Waals surface area (Å²) in [5.41, 5.74) is 2.52. The van der Waals surface area contributed by atoms with Crippen molar-refractivity contribution < 1.29 is 18.7 Å². The van der Waals surface area contributed by atoms with Gasteiger partial charge in [-0.2, -0.15) is 0 Å². The lowest BCUT2D eigenvalue weighted by Crippen LogP contribution is -2.27. The molecular formula is C20H19NO4. The molecule has 1 N–H and O–H groups in total. The minimum Gasteiger partial charge on any atom is -0.486 e. The molecule has 1 aromatic heterocycles. The van der Waals surface area contributed by atoms with E-state index in [1.807, 2.05) is 56.3 Å². The molecule has 128 valence electrons. The van der Waals surface area contributed by atoms with Crippen molar-refractivity contribution in [3.63, 3.8) is 0 Å². The van der Waals surface area contributed by atoms with Crippen LogP contribution in [0.15, 0.2) is 46.9 Å². The Morgan fingerprint density at radius 3 is 2.64 bits per heavy atom. The summed E-state index contributed by atoms with van der Waals surface area (Å²) in [5, 5.41) is 3.95. The Bertz CT molecular complexity index is 944. The first kappa shape index (κ1) is 15.6. The molecule has 0 bridgehead atoms. The lowest BCUT2D eigenvalue weighted by atomic mass is 10.1. The Balaban J connectivity index is 1.56. The van der Waals surface area contributed by atoms with Crippen LogP contribution in [-0.2, 0) is 0 Å². The van der Waals surface area contributed by atoms with E-state index in [1.165, 1.54) is 0 Å². The molecule has 0 radical (unpaired) electrons. The number of nitrogens with one attached hydrogen (secondary N) is 1. The number of rotatable bonds is 3. The third kappa shape index (κ3) is 2.82. The Kier molecular flexibility index (Phi) is 3.84. The van der Waals surface area contributed by atoms with Crippen molar-refractivity contribution in [2.45, 2.75) is 19.9 Å². The number of para-hydroxylation sites is 1. The fourth-order valence-corrected chi connectivity index (χ4v) is 3.07. The quantitative estimate of drug-likeness (QED) is 0.785. The summed E-state index contributed by atoms with van der Waals surface area (Å²) in [4.78, 5) is 12.6. The van der Waals surface area contributed by atoms with Crippen molar-refractivity contribution >= 4 is 16.9 Å². The van der Waals surface area contributed by atoms with Gasteiger partial charge < -0.3 is 19.2 Å². The molecule has 1 aliphatic rings. The van der Waals surface area contributed by atoms with Gasteiger partial charge in [-0.3, -0.25) is 4.79 Å². The second-order valence-corrected chi connectivity index (χ2v) is 6.15. The molecule has 4 rings (SSSR count). The molecule has 0 saturated carbocycles. The molecule has 1 atom stereocenters. The van der Waals surface area contributed by atoms with Gasteiger partial charge in [0.1, 0.15) is 18.8 Å². The standard InChI is InChI=1S/C20H19NO4/c1-12-15-5-3-4-6-16(15)25-19(12)20(22)21-13(2)14-7-8-17-18(11-14)24-10-9-23-17/h3-8,11,13H,9-10H2,1-2H3,(H,21,22). The fraction of sp³-hybridized carbons (Fsp3) is 0.250. The van der Waals surface area contributed by atoms with Crippen LogP contribution in [0, 0.1) is 6.92 Å². The number of furan rings is 1. The van der Waals surface area contributed by atoms with Crippen LogP contribution in [0.5, 0.6) is 11.5 Å². The van der Waals surface area contributed by atoms with Gasteiger partial charge in [-0.1, -0.05) is 24.3 Å². The Morgan fingerprint density at radius 1 is 1.08 bits per heavy atom. The average molecular weight is 337 g/mol. The van der Waals surface area contributed by atoms with E-state index in [2.05, 4.69) is 5.32 Å². The van der Waals surface area contributed by atoms with E-state index in [9.17, 15) is 4.79 Å². The number of hydrogen-bond acceptors (Lipinski definition) is 4. The number of amides is 1. The largest absolute Gasteiger partial charge is 0.486 e. The van der Waals surface area contributed by atoms with Crippen molar-refractivity contribution in [2.24, 2.45) is 0 Å². The van der Waals surface area contributed by atoms with E-state index in [0.29, 0.717) is 24.7 Å². The van der Waals surface area contributed by atoms with Gasteiger partial charge in [0, 0.05) is 10.9 Å². The number of carbonyl (C=O) groups is 1. The minimum absolute atomic E-state index is 0.184. The number of ether oxygens (including phenoxy) is 2. The summed E-state index contributed by atoms with van der Waals surface area (Å²) in [7, 11) is 0. The van der Waals surface area contributed by atoms with Gasteiger partial charge in [-0.25, -0.2) is 0 Å². The smallest absolute Gasteiger partial charge is 0.287 e. The van der Waals surface area contributed by atoms with Crippen LogP contribution < -0.4 is 14.8 Å². The van der Waals surface area contributed by atoms with Crippen molar-refractivity contribution in [1.29, 1.82) is 0 Å². The number of carbonyl (C=O) groups excluding carboxylic acids is 1. The number of hydrogen-bond donors (Lipinski definition) is 1. The van der Waals surface area contributed by atoms with E-state index in [1.54, 1.807) is 0 Å². The molecule has 0 aliphatic carbocycles. The molecule has 0 fully saturated rings. The molecule has 0 spiro atoms. The third-order valence-corrected chi connectivity index (χ3v) is 4.46. The highest BCUT2D eigenvalue weighted by molar-refractivity contribution is 5.99. The van der Waals surface area contributed by atoms with Gasteiger partial charge in [0.25, 0.3) is 5.91 Å². The second kappa shape index (κ2) is 6.16. The van der Waals surface area contributed by atoms with Crippen molar-refractivity contribution in [1.82, 2.24) is 5.32 Å². The number of aryl methyl sites for hydroxylation is 1. The fourth-order valence-electron chi connectivity index (χ4n) is 3.07. The van der Waals surface area contributed by atoms with E-state index >= 15 is 0 Å². The van der Waals surface area contributed by atoms with Crippen molar-refractivity contribution in [3.8, 4) is 11.5 Å². The molecule has 1 amide bonds. The van der Waals surface area contributed by atoms with Crippen molar-refractivity contribution in [3.05, 3.63) is 59.4 Å². The lowest BCUT2D eigenvalue weighted by molar-refractivity contribution is 0.0913. The van der Waals surface area contributed by atoms with Gasteiger partial charge in [0.05, 0.1) is 6.04 Å². The number of fused-ring (bicyclic) bond motifs is 2. The van der Waals surface area contributed by atoms with Crippen LogP contribution in [-0.4, -0.2) is 19.1 Å². The summed E-state index contributed by atoms with van der Waals surface area (Å²) in [6.07, 6.45) is 0. The van der Waals surface area contributed by atoms with Crippen LogP contribution >= 0.6 is 0 Å². The molecule has 1 unspecified atom stereocenters. The molecular weight excluding hydrogens is 318 g/mol. The first-order chi connectivity index (χ1) is 12.1. The van der Waals surface area contributed by atoms with Gasteiger partial charge in [-0.15, -0.1) is 0 Å². The zero-order valence-electron chi connectivity index (χ0n) is 14.2. The zero-order valence-corrected chi connectivity index (χ0v) is 14.2. The SMILES string of the molecule is Cc1c(C(=O)NC(C)c2ccc3c(c2)OCCO3)oc2ccccc12. The average Bonchev–Trinajstić information content (AvgIpc) is 2.98. The van der Waals surface area contributed by atoms with E-state index in [-0.39, 0.29) is 11.9 Å². The van der Waals surface area contributed by atoms with Crippen LogP contribution in [0.1, 0.15) is 34.6 Å². The highest BCUT2D eigenvalue weighted by Gasteiger charge is 2.20. The van der Waals surface area contributed by atoms with Crippen molar-refractivity contribution in [2.75, 3.05) is 13.2 Å². The maximum atomic E-state index is 12.6. The van der Waals surface area contributed by atoms with Gasteiger partial charge in [0.2, 0.25) is 0 Å². The van der Waals surface area contributed by atoms with Crippen LogP contribution in [0.2, 0.25) is 0 Å². The summed E-state index contributed by atoms with van der Waals surface area (Å²) < 4.78 is 16.9. The van der Waals surface area contributed by atoms with E-state index in [4.69, 9.17) is 13.9 Å². The van der Waals surface area contributed by atoms with Gasteiger partial charge in [0.15, 0.2) is 17.3 Å². The topological polar surface area (TPSA) is 60.7 Å². The predicted molar refractivity (Wildman–Crippen MR) is 94.3 cm³/mol. The maximum absolute atomic E-state index is 12.6. The normalized spacial score (nSPS) is 14.3. The Labute approximate surface area is 145 Å². The molecule has 0 saturated heterocycles. The Hall–Kier alpha value is -2.95. The maximum Gasteiger partial charge on any atom is 0.287 e. The second-order valence-electron chi connectivity index (χ2n) is 6.15. The van der Waals surface area contributed by atoms with Crippen LogP contribution in [0.3, 0.4) is 0 Å². The molecule has 1 aliphatic heterocycles. The molecule has 5 nitrogen and oxygen atoms in total. The molecule has 25 heavy (non-hydrogen) atoms. The summed E-state index contributed by atoms with van der Waals surface area (Å²) in [5.74, 6) is 1.58. The minimum atomic E-state index is -0.226. The summed E-state index contributed by atoms with van der Waals surface area (Å²) >= 11 is 0. The van der Waals surface area contributed by atoms with Gasteiger partial charge >= 0.3 is 0 Å². The Morgan fingerprint density at radius 2 is 1.84 bits per heavy atom. The highest BCUT2D eigenvalue weighted by atomic mass is 16.6. The predicted octanol–water partition coefficient (Wildman–Crippen LogP) is 4.00. The lowest BCUT2D eigenvalue weighted by Gasteiger charge is -2.21. The number of benzene rings is 2. The molecule has 2 heterocycles. The third-order valence-electron chi connectivity index (χ3n) is 4.46. The van der Waals surface area contributed by atoms with E-state index < -0.39 is 0 Å². The molecule has 3 aromatic rings. The zero-order chi connectivity index (χ0) is 17.4. The van der Waals surface area contributed by atoms with Crippen LogP contribution in [0.25, 0.3) is 11.0 Å². The van der Waals surface area contributed by atoms with E-state index in [0.717, 1.165) is 27.8 Å². The molecule has 2 aromatic carbocycles. The molecule has 5 heteroatoms. The van der Waals surface area contributed by atoms with Crippen LogP contribution in [0.4, 0.5) is 0 Å².